The highest BCUT2D eigenvalue weighted by atomic mass is 32.2. The third-order valence-corrected chi connectivity index (χ3v) is 6.61. The summed E-state index contributed by atoms with van der Waals surface area (Å²) in [6.45, 7) is -0.532. The fraction of sp³-hybridized carbons (Fsp3) is 0.190. The molecule has 1 saturated heterocycles. The van der Waals surface area contributed by atoms with Crippen LogP contribution in [0.2, 0.25) is 0 Å². The van der Waals surface area contributed by atoms with E-state index in [0.717, 1.165) is 16.7 Å². The number of hydrogen-bond acceptors (Lipinski definition) is 10. The van der Waals surface area contributed by atoms with E-state index < -0.39 is 28.5 Å². The first-order valence-electron chi connectivity index (χ1n) is 9.82. The SMILES string of the molecule is O=C(CN1C(=O)S/C(=C\c2ccc(SCCO)c([N+](=O)[O-])c2)C1=O)Nc1ccc2c(c1)OCO2. The van der Waals surface area contributed by atoms with E-state index in [-0.39, 0.29) is 24.0 Å². The quantitative estimate of drug-likeness (QED) is 0.238. The smallest absolute Gasteiger partial charge is 0.294 e. The van der Waals surface area contributed by atoms with Crippen molar-refractivity contribution in [3.05, 3.63) is 57.0 Å². The van der Waals surface area contributed by atoms with Crippen LogP contribution in [0.15, 0.2) is 46.2 Å². The van der Waals surface area contributed by atoms with Gasteiger partial charge in [-0.3, -0.25) is 29.4 Å². The molecule has 0 saturated carbocycles. The summed E-state index contributed by atoms with van der Waals surface area (Å²) >= 11 is 1.78. The number of nitrogens with one attached hydrogen (secondary N) is 1. The van der Waals surface area contributed by atoms with E-state index in [2.05, 4.69) is 5.32 Å². The molecule has 0 atom stereocenters. The Labute approximate surface area is 201 Å². The predicted octanol–water partition coefficient (Wildman–Crippen LogP) is 3.08. The van der Waals surface area contributed by atoms with Crippen molar-refractivity contribution in [2.75, 3.05) is 31.0 Å². The van der Waals surface area contributed by atoms with Gasteiger partial charge >= 0.3 is 0 Å². The summed E-state index contributed by atoms with van der Waals surface area (Å²) in [5.41, 5.74) is 0.605. The molecule has 2 N–H and O–H groups in total. The van der Waals surface area contributed by atoms with Gasteiger partial charge in [-0.05, 0) is 41.6 Å². The molecule has 11 nitrogen and oxygen atoms in total. The van der Waals surface area contributed by atoms with Crippen molar-refractivity contribution >= 4 is 58.0 Å². The van der Waals surface area contributed by atoms with Crippen LogP contribution in [0.1, 0.15) is 5.56 Å². The fourth-order valence-corrected chi connectivity index (χ4v) is 4.75. The highest BCUT2D eigenvalue weighted by molar-refractivity contribution is 8.18. The maximum absolute atomic E-state index is 12.7. The lowest BCUT2D eigenvalue weighted by Crippen LogP contribution is -2.36. The van der Waals surface area contributed by atoms with Crippen molar-refractivity contribution in [1.82, 2.24) is 4.90 Å². The van der Waals surface area contributed by atoms with Crippen LogP contribution >= 0.6 is 23.5 Å². The van der Waals surface area contributed by atoms with E-state index in [0.29, 0.717) is 45.2 Å². The summed E-state index contributed by atoms with van der Waals surface area (Å²) in [6.07, 6.45) is 1.37. The van der Waals surface area contributed by atoms with Gasteiger partial charge in [0.1, 0.15) is 6.54 Å². The Balaban J connectivity index is 1.45. The molecule has 2 aliphatic heterocycles. The first-order valence-corrected chi connectivity index (χ1v) is 11.6. The summed E-state index contributed by atoms with van der Waals surface area (Å²) in [5, 5.41) is 22.3. The number of benzene rings is 2. The molecule has 3 amide bonds. The van der Waals surface area contributed by atoms with E-state index in [1.807, 2.05) is 0 Å². The number of thioether (sulfide) groups is 2. The van der Waals surface area contributed by atoms with E-state index >= 15 is 0 Å². The maximum Gasteiger partial charge on any atom is 0.294 e. The normalized spacial score (nSPS) is 15.8. The number of nitro benzene ring substituents is 1. The number of ether oxygens (including phenoxy) is 2. The molecule has 4 rings (SSSR count). The Kier molecular flexibility index (Phi) is 7.05. The molecule has 176 valence electrons. The van der Waals surface area contributed by atoms with Crippen molar-refractivity contribution < 1.29 is 33.9 Å². The van der Waals surface area contributed by atoms with Crippen molar-refractivity contribution in [3.63, 3.8) is 0 Å². The highest BCUT2D eigenvalue weighted by Gasteiger charge is 2.36. The number of fused-ring (bicyclic) bond motifs is 1. The number of hydrogen-bond donors (Lipinski definition) is 2. The molecule has 0 bridgehead atoms. The summed E-state index contributed by atoms with van der Waals surface area (Å²) in [6, 6.07) is 9.20. The molecule has 0 unspecified atom stereocenters. The predicted molar refractivity (Wildman–Crippen MR) is 125 cm³/mol. The Bertz CT molecular complexity index is 1220. The Hall–Kier alpha value is -3.55. The Morgan fingerprint density at radius 3 is 2.79 bits per heavy atom. The lowest BCUT2D eigenvalue weighted by molar-refractivity contribution is -0.387. The van der Waals surface area contributed by atoms with Crippen LogP contribution in [0.4, 0.5) is 16.2 Å². The van der Waals surface area contributed by atoms with Crippen molar-refractivity contribution in [1.29, 1.82) is 0 Å². The van der Waals surface area contributed by atoms with Gasteiger partial charge in [-0.1, -0.05) is 6.07 Å². The standard InChI is InChI=1S/C21H17N3O8S2/c25-5-6-33-17-4-1-12(7-14(17)24(29)30)8-18-20(27)23(21(28)34-18)10-19(26)22-13-2-3-15-16(9-13)32-11-31-15/h1-4,7-9,25H,5-6,10-11H2,(H,22,26)/b18-8-. The Morgan fingerprint density at radius 2 is 2.03 bits per heavy atom. The van der Waals surface area contributed by atoms with Crippen LogP contribution in [-0.2, 0) is 9.59 Å². The molecule has 1 fully saturated rings. The molecule has 0 aliphatic carbocycles. The van der Waals surface area contributed by atoms with Gasteiger partial charge in [-0.15, -0.1) is 11.8 Å². The molecule has 2 aromatic rings. The summed E-state index contributed by atoms with van der Waals surface area (Å²) in [7, 11) is 0. The molecule has 34 heavy (non-hydrogen) atoms. The van der Waals surface area contributed by atoms with Crippen molar-refractivity contribution in [2.45, 2.75) is 4.90 Å². The third-order valence-electron chi connectivity index (χ3n) is 4.66. The van der Waals surface area contributed by atoms with Gasteiger partial charge in [0.2, 0.25) is 12.7 Å². The van der Waals surface area contributed by atoms with Crippen LogP contribution in [0.5, 0.6) is 11.5 Å². The van der Waals surface area contributed by atoms with Crippen LogP contribution in [0.3, 0.4) is 0 Å². The Morgan fingerprint density at radius 1 is 1.24 bits per heavy atom. The largest absolute Gasteiger partial charge is 0.454 e. The molecule has 0 aromatic heterocycles. The van der Waals surface area contributed by atoms with Gasteiger partial charge in [0, 0.05) is 23.6 Å². The summed E-state index contributed by atoms with van der Waals surface area (Å²) in [4.78, 5) is 49.6. The van der Waals surface area contributed by atoms with Gasteiger partial charge in [0.25, 0.3) is 16.8 Å². The lowest BCUT2D eigenvalue weighted by atomic mass is 10.2. The van der Waals surface area contributed by atoms with Crippen LogP contribution in [0.25, 0.3) is 6.08 Å². The average Bonchev–Trinajstić information content (AvgIpc) is 3.37. The number of rotatable bonds is 8. The summed E-state index contributed by atoms with van der Waals surface area (Å²) in [5.74, 6) is 0.0737. The first-order chi connectivity index (χ1) is 16.4. The van der Waals surface area contributed by atoms with Gasteiger partial charge in [0.05, 0.1) is 21.3 Å². The van der Waals surface area contributed by atoms with Crippen LogP contribution in [-0.4, -0.2) is 57.7 Å². The number of aliphatic hydroxyl groups is 1. The molecule has 2 aliphatic rings. The number of aliphatic hydroxyl groups excluding tert-OH is 1. The van der Waals surface area contributed by atoms with Gasteiger partial charge in [-0.2, -0.15) is 0 Å². The number of carbonyl (C=O) groups is 3. The van der Waals surface area contributed by atoms with E-state index in [1.54, 1.807) is 24.3 Å². The maximum atomic E-state index is 12.7. The second kappa shape index (κ2) is 10.2. The lowest BCUT2D eigenvalue weighted by Gasteiger charge is -2.12. The molecule has 0 spiro atoms. The van der Waals surface area contributed by atoms with Crippen LogP contribution < -0.4 is 14.8 Å². The topological polar surface area (TPSA) is 148 Å². The van der Waals surface area contributed by atoms with Crippen molar-refractivity contribution in [3.8, 4) is 11.5 Å². The van der Waals surface area contributed by atoms with Gasteiger partial charge in [0.15, 0.2) is 11.5 Å². The highest BCUT2D eigenvalue weighted by Crippen LogP contribution is 2.36. The second-order valence-corrected chi connectivity index (χ2v) is 9.07. The average molecular weight is 504 g/mol. The third kappa shape index (κ3) is 5.16. The monoisotopic (exact) mass is 503 g/mol. The number of carbonyl (C=O) groups excluding carboxylic acids is 3. The first kappa shape index (κ1) is 23.6. The zero-order chi connectivity index (χ0) is 24.2. The second-order valence-electron chi connectivity index (χ2n) is 6.94. The number of nitrogens with zero attached hydrogens (tertiary/aromatic N) is 2. The number of anilines is 1. The van der Waals surface area contributed by atoms with Crippen molar-refractivity contribution in [2.24, 2.45) is 0 Å². The minimum absolute atomic E-state index is 0.0472. The minimum Gasteiger partial charge on any atom is -0.454 e. The molecule has 0 radical (unpaired) electrons. The van der Waals surface area contributed by atoms with E-state index in [9.17, 15) is 24.5 Å². The minimum atomic E-state index is -0.669. The number of amides is 3. The number of imide groups is 1. The van der Waals surface area contributed by atoms with Crippen LogP contribution in [0, 0.1) is 10.1 Å². The van der Waals surface area contributed by atoms with E-state index in [1.165, 1.54) is 18.2 Å². The molecule has 2 aromatic carbocycles. The number of nitro groups is 1. The molecule has 13 heteroatoms. The zero-order valence-electron chi connectivity index (χ0n) is 17.4. The van der Waals surface area contributed by atoms with Gasteiger partial charge < -0.3 is 19.9 Å². The molecular formula is C21H17N3O8S2. The summed E-state index contributed by atoms with van der Waals surface area (Å²) < 4.78 is 10.5. The van der Waals surface area contributed by atoms with Gasteiger partial charge in [-0.25, -0.2) is 0 Å². The zero-order valence-corrected chi connectivity index (χ0v) is 19.0. The molecular weight excluding hydrogens is 486 g/mol. The molecule has 2 heterocycles. The van der Waals surface area contributed by atoms with E-state index in [4.69, 9.17) is 14.6 Å². The fourth-order valence-electron chi connectivity index (χ4n) is 3.15.